The van der Waals surface area contributed by atoms with Crippen LogP contribution < -0.4 is 10.4 Å². The van der Waals surface area contributed by atoms with Gasteiger partial charge in [-0.1, -0.05) is 66.2 Å². The molecule has 1 fully saturated rings. The Morgan fingerprint density at radius 1 is 0.918 bits per heavy atom. The van der Waals surface area contributed by atoms with E-state index < -0.39 is 12.1 Å². The molecule has 2 aromatic heterocycles. The van der Waals surface area contributed by atoms with E-state index in [0.717, 1.165) is 82.8 Å². The van der Waals surface area contributed by atoms with Gasteiger partial charge in [0.2, 0.25) is 0 Å². The van der Waals surface area contributed by atoms with Crippen molar-refractivity contribution >= 4 is 39.6 Å². The molecule has 49 heavy (non-hydrogen) atoms. The number of nitrogens with zero attached hydrogens (tertiary/aromatic N) is 4. The highest BCUT2D eigenvalue weighted by Crippen LogP contribution is 2.33. The van der Waals surface area contributed by atoms with Gasteiger partial charge in [0.1, 0.15) is 5.75 Å². The predicted octanol–water partition coefficient (Wildman–Crippen LogP) is 7.74. The summed E-state index contributed by atoms with van der Waals surface area (Å²) in [7, 11) is 1.66. The topological polar surface area (TPSA) is 113 Å². The van der Waals surface area contributed by atoms with Gasteiger partial charge in [-0.25, -0.2) is 19.6 Å². The normalized spacial score (nSPS) is 14.1. The number of piperidine rings is 1. The number of halogens is 4. The number of aromatic nitrogens is 4. The molecule has 2 N–H and O–H groups in total. The average molecular weight is 690 g/mol. The number of ether oxygens (including phenoxy) is 1. The van der Waals surface area contributed by atoms with Gasteiger partial charge in [-0.3, -0.25) is 9.47 Å². The number of aliphatic carboxylic acids is 1. The van der Waals surface area contributed by atoms with E-state index in [4.69, 9.17) is 36.2 Å². The highest BCUT2D eigenvalue weighted by molar-refractivity contribution is 6.31. The summed E-state index contributed by atoms with van der Waals surface area (Å²) in [6.45, 7) is 2.72. The summed E-state index contributed by atoms with van der Waals surface area (Å²) in [4.78, 5) is 37.1. The molecule has 4 aromatic carbocycles. The molecule has 0 radical (unpaired) electrons. The first-order valence-corrected chi connectivity index (χ1v) is 15.8. The first-order valence-electron chi connectivity index (χ1n) is 15.4. The zero-order valence-corrected chi connectivity index (χ0v) is 27.0. The number of alkyl halides is 3. The van der Waals surface area contributed by atoms with Gasteiger partial charge in [0.25, 0.3) is 0 Å². The number of likely N-dealkylation sites (tertiary alicyclic amines) is 1. The highest BCUT2D eigenvalue weighted by atomic mass is 35.5. The van der Waals surface area contributed by atoms with Gasteiger partial charge in [0.15, 0.2) is 0 Å². The van der Waals surface area contributed by atoms with Crippen LogP contribution >= 0.6 is 11.6 Å². The number of carboxylic acids is 1. The molecule has 6 aromatic rings. The van der Waals surface area contributed by atoms with Crippen molar-refractivity contribution < 1.29 is 27.8 Å². The molecular formula is C36H31ClF3N5O4. The number of fused-ring (bicyclic) bond motifs is 2. The van der Waals surface area contributed by atoms with Crippen molar-refractivity contribution in [3.05, 3.63) is 112 Å². The average Bonchev–Trinajstić information content (AvgIpc) is 3.42. The zero-order valence-electron chi connectivity index (χ0n) is 26.2. The lowest BCUT2D eigenvalue weighted by Crippen LogP contribution is -2.36. The second-order valence-corrected chi connectivity index (χ2v) is 12.0. The Labute approximate surface area is 283 Å². The van der Waals surface area contributed by atoms with Crippen molar-refractivity contribution in [1.82, 2.24) is 24.4 Å². The van der Waals surface area contributed by atoms with E-state index in [1.54, 1.807) is 7.11 Å². The largest absolute Gasteiger partial charge is 0.497 e. The Balaban J connectivity index is 0.000000540. The molecule has 0 unspecified atom stereocenters. The summed E-state index contributed by atoms with van der Waals surface area (Å²) in [5, 5.41) is 7.75. The van der Waals surface area contributed by atoms with Crippen molar-refractivity contribution in [2.75, 3.05) is 20.2 Å². The van der Waals surface area contributed by atoms with Crippen LogP contribution in [0.4, 0.5) is 13.2 Å². The van der Waals surface area contributed by atoms with E-state index in [-0.39, 0.29) is 11.7 Å². The highest BCUT2D eigenvalue weighted by Gasteiger charge is 2.38. The van der Waals surface area contributed by atoms with Gasteiger partial charge in [0, 0.05) is 47.9 Å². The summed E-state index contributed by atoms with van der Waals surface area (Å²) in [5.74, 6) is -2.00. The zero-order chi connectivity index (χ0) is 34.7. The number of carbonyl (C=O) groups is 1. The van der Waals surface area contributed by atoms with Crippen LogP contribution in [-0.4, -0.2) is 61.9 Å². The summed E-state index contributed by atoms with van der Waals surface area (Å²) < 4.78 is 39.1. The van der Waals surface area contributed by atoms with Gasteiger partial charge in [-0.2, -0.15) is 13.2 Å². The maximum absolute atomic E-state index is 12.7. The lowest BCUT2D eigenvalue weighted by atomic mass is 10.0. The molecule has 1 aliphatic heterocycles. The minimum atomic E-state index is -5.08. The summed E-state index contributed by atoms with van der Waals surface area (Å²) in [6.07, 6.45) is -3.24. The van der Waals surface area contributed by atoms with Crippen LogP contribution in [-0.2, 0) is 11.3 Å². The van der Waals surface area contributed by atoms with Crippen molar-refractivity contribution in [2.45, 2.75) is 31.6 Å². The molecule has 252 valence electrons. The molecule has 0 spiro atoms. The first kappa shape index (κ1) is 33.7. The third-order valence-corrected chi connectivity index (χ3v) is 8.63. The van der Waals surface area contributed by atoms with E-state index in [2.05, 4.69) is 46.3 Å². The number of nitrogens with one attached hydrogen (secondary N) is 1. The minimum Gasteiger partial charge on any atom is -0.497 e. The minimum absolute atomic E-state index is 0.0629. The fourth-order valence-corrected chi connectivity index (χ4v) is 6.16. The standard InChI is InChI=1S/C34H30ClN5O2.C2HF3O2/c1-42-27-12-13-28-29(20-27)37-32(23-5-3-2-4-6-23)33(36-28)24-9-7-22(8-10-24)21-39-17-15-26(16-18-39)40-31-14-11-25(35)19-30(31)38-34(40)41;3-2(4,5)1(6)7/h2-14,19-20,26H,15-18,21H2,1H3,(H,38,41);(H,6,7). The van der Waals surface area contributed by atoms with Gasteiger partial charge in [-0.05, 0) is 48.7 Å². The maximum Gasteiger partial charge on any atom is 0.490 e. The van der Waals surface area contributed by atoms with Gasteiger partial charge < -0.3 is 14.8 Å². The number of rotatable bonds is 6. The summed E-state index contributed by atoms with van der Waals surface area (Å²) >= 11 is 6.13. The predicted molar refractivity (Wildman–Crippen MR) is 182 cm³/mol. The molecule has 0 aliphatic carbocycles. The van der Waals surface area contributed by atoms with Crippen molar-refractivity contribution in [2.24, 2.45) is 0 Å². The van der Waals surface area contributed by atoms with Crippen LogP contribution in [0.1, 0.15) is 24.4 Å². The Morgan fingerprint density at radius 3 is 2.18 bits per heavy atom. The lowest BCUT2D eigenvalue weighted by Gasteiger charge is -2.32. The van der Waals surface area contributed by atoms with Gasteiger partial charge in [0.05, 0.1) is 40.6 Å². The Bertz CT molecular complexity index is 2160. The molecule has 3 heterocycles. The van der Waals surface area contributed by atoms with Crippen LogP contribution in [0.2, 0.25) is 5.02 Å². The molecule has 7 rings (SSSR count). The number of carboxylic acid groups (broad SMARTS) is 1. The number of methoxy groups -OCH3 is 1. The van der Waals surface area contributed by atoms with E-state index in [1.165, 1.54) is 5.56 Å². The van der Waals surface area contributed by atoms with Gasteiger partial charge in [-0.15, -0.1) is 0 Å². The fourth-order valence-electron chi connectivity index (χ4n) is 5.99. The molecule has 0 bridgehead atoms. The molecule has 1 aliphatic rings. The van der Waals surface area contributed by atoms with E-state index >= 15 is 0 Å². The molecule has 13 heteroatoms. The number of hydrogen-bond acceptors (Lipinski definition) is 6. The van der Waals surface area contributed by atoms with Gasteiger partial charge >= 0.3 is 17.8 Å². The molecular weight excluding hydrogens is 659 g/mol. The third-order valence-electron chi connectivity index (χ3n) is 8.40. The van der Waals surface area contributed by atoms with Crippen molar-refractivity contribution in [1.29, 1.82) is 0 Å². The monoisotopic (exact) mass is 689 g/mol. The van der Waals surface area contributed by atoms with E-state index in [1.807, 2.05) is 59.2 Å². The molecule has 1 saturated heterocycles. The summed E-state index contributed by atoms with van der Waals surface area (Å²) in [5.41, 5.74) is 8.28. The van der Waals surface area contributed by atoms with Crippen LogP contribution in [0.25, 0.3) is 44.6 Å². The number of benzene rings is 4. The lowest BCUT2D eigenvalue weighted by molar-refractivity contribution is -0.192. The van der Waals surface area contributed by atoms with Crippen molar-refractivity contribution in [3.8, 4) is 28.3 Å². The second kappa shape index (κ2) is 14.1. The number of imidazole rings is 1. The van der Waals surface area contributed by atoms with E-state index in [0.29, 0.717) is 5.02 Å². The SMILES string of the molecule is COc1ccc2nc(-c3ccc(CN4CCC(n5c(=O)[nH]c6cc(Cl)ccc65)CC4)cc3)c(-c3ccccc3)nc2c1.O=C(O)C(F)(F)F. The van der Waals surface area contributed by atoms with Crippen LogP contribution in [0.5, 0.6) is 5.75 Å². The quantitative estimate of drug-likeness (QED) is 0.184. The molecule has 0 atom stereocenters. The van der Waals surface area contributed by atoms with E-state index in [9.17, 15) is 18.0 Å². The second-order valence-electron chi connectivity index (χ2n) is 11.6. The Hall–Kier alpha value is -5.20. The summed E-state index contributed by atoms with van der Waals surface area (Å²) in [6, 6.07) is 30.4. The Kier molecular flexibility index (Phi) is 9.70. The first-order chi connectivity index (χ1) is 23.5. The fraction of sp³-hybridized carbons (Fsp3) is 0.222. The van der Waals surface area contributed by atoms with Crippen LogP contribution in [0, 0.1) is 0 Å². The third kappa shape index (κ3) is 7.60. The molecule has 0 amide bonds. The molecule has 0 saturated carbocycles. The van der Waals surface area contributed by atoms with Crippen molar-refractivity contribution in [3.63, 3.8) is 0 Å². The smallest absolute Gasteiger partial charge is 0.490 e. The van der Waals surface area contributed by atoms with Crippen LogP contribution in [0.3, 0.4) is 0 Å². The Morgan fingerprint density at radius 2 is 1.55 bits per heavy atom. The number of aromatic amines is 1. The number of H-pyrrole nitrogens is 1. The number of hydrogen-bond donors (Lipinski definition) is 2. The van der Waals surface area contributed by atoms with Crippen LogP contribution in [0.15, 0.2) is 95.8 Å². The maximum atomic E-state index is 12.7. The molecule has 9 nitrogen and oxygen atoms in total.